The second-order valence-electron chi connectivity index (χ2n) is 7.10. The third-order valence-corrected chi connectivity index (χ3v) is 6.48. The van der Waals surface area contributed by atoms with Gasteiger partial charge in [-0.1, -0.05) is 12.1 Å². The maximum absolute atomic E-state index is 12.9. The van der Waals surface area contributed by atoms with Gasteiger partial charge in [0.05, 0.1) is 13.7 Å². The summed E-state index contributed by atoms with van der Waals surface area (Å²) in [5, 5.41) is 1.96. The van der Waals surface area contributed by atoms with E-state index in [9.17, 15) is 4.79 Å². The van der Waals surface area contributed by atoms with Gasteiger partial charge < -0.3 is 14.4 Å². The highest BCUT2D eigenvalue weighted by atomic mass is 32.1. The van der Waals surface area contributed by atoms with Crippen LogP contribution >= 0.6 is 11.3 Å². The summed E-state index contributed by atoms with van der Waals surface area (Å²) < 4.78 is 13.8. The van der Waals surface area contributed by atoms with Crippen LogP contribution in [0.25, 0.3) is 4.96 Å². The summed E-state index contributed by atoms with van der Waals surface area (Å²) in [5.74, 6) is 0.887. The van der Waals surface area contributed by atoms with E-state index < -0.39 is 0 Å². The number of piperidine rings is 1. The fourth-order valence-corrected chi connectivity index (χ4v) is 5.06. The van der Waals surface area contributed by atoms with Gasteiger partial charge in [0.2, 0.25) is 0 Å². The normalized spacial score (nSPS) is 18.6. The van der Waals surface area contributed by atoms with Gasteiger partial charge in [-0.05, 0) is 30.9 Å². The molecule has 1 spiro atoms. The van der Waals surface area contributed by atoms with Gasteiger partial charge in [0.25, 0.3) is 5.91 Å². The minimum Gasteiger partial charge on any atom is -0.496 e. The molecular formula is C20H21N3O3S. The Morgan fingerprint density at radius 2 is 2.19 bits per heavy atom. The molecule has 6 nitrogen and oxygen atoms in total. The van der Waals surface area contributed by atoms with Gasteiger partial charge in [-0.15, -0.1) is 11.3 Å². The summed E-state index contributed by atoms with van der Waals surface area (Å²) in [5.41, 5.74) is 2.63. The number of hydrogen-bond acceptors (Lipinski definition) is 5. The number of nitrogens with zero attached hydrogens (tertiary/aromatic N) is 3. The minimum atomic E-state index is -0.356. The summed E-state index contributed by atoms with van der Waals surface area (Å²) in [6.45, 7) is 2.02. The number of ether oxygens (including phenoxy) is 2. The third-order valence-electron chi connectivity index (χ3n) is 5.71. The van der Waals surface area contributed by atoms with Crippen molar-refractivity contribution in [2.24, 2.45) is 0 Å². The van der Waals surface area contributed by atoms with Crippen LogP contribution in [0, 0.1) is 0 Å². The Labute approximate surface area is 161 Å². The maximum Gasteiger partial charge on any atom is 0.274 e. The van der Waals surface area contributed by atoms with Gasteiger partial charge >= 0.3 is 0 Å². The van der Waals surface area contributed by atoms with Crippen LogP contribution in [-0.2, 0) is 16.8 Å². The number of benzene rings is 1. The van der Waals surface area contributed by atoms with Crippen molar-refractivity contribution in [2.75, 3.05) is 26.8 Å². The standard InChI is InChI=1S/C20H21N3O3S/c1-25-16-4-2-3-14-5-11-26-20(17(14)16)6-8-22(9-7-20)18(24)15-13-23-10-12-27-19(23)21-15/h2-4,10,12-13H,5-9,11H2,1H3. The Hall–Kier alpha value is -2.38. The molecule has 0 unspecified atom stereocenters. The number of amides is 1. The van der Waals surface area contributed by atoms with Gasteiger partial charge in [0.1, 0.15) is 17.0 Å². The van der Waals surface area contributed by atoms with Crippen LogP contribution in [0.1, 0.15) is 34.5 Å². The number of rotatable bonds is 2. The van der Waals surface area contributed by atoms with Crippen LogP contribution in [0.4, 0.5) is 0 Å². The molecule has 7 heteroatoms. The van der Waals surface area contributed by atoms with Gasteiger partial charge in [0.15, 0.2) is 4.96 Å². The first-order valence-corrected chi connectivity index (χ1v) is 10.1. The van der Waals surface area contributed by atoms with Crippen LogP contribution < -0.4 is 4.74 Å². The highest BCUT2D eigenvalue weighted by Crippen LogP contribution is 2.45. The molecule has 0 bridgehead atoms. The van der Waals surface area contributed by atoms with Crippen molar-refractivity contribution in [1.29, 1.82) is 0 Å². The summed E-state index contributed by atoms with van der Waals surface area (Å²) in [6, 6.07) is 6.21. The van der Waals surface area contributed by atoms with E-state index in [1.807, 2.05) is 39.2 Å². The number of likely N-dealkylation sites (tertiary alicyclic amines) is 1. The molecule has 27 heavy (non-hydrogen) atoms. The Morgan fingerprint density at radius 1 is 1.33 bits per heavy atom. The van der Waals surface area contributed by atoms with Crippen molar-refractivity contribution in [2.45, 2.75) is 24.9 Å². The molecule has 1 amide bonds. The molecule has 1 saturated heterocycles. The molecule has 2 aromatic heterocycles. The van der Waals surface area contributed by atoms with E-state index in [-0.39, 0.29) is 11.5 Å². The van der Waals surface area contributed by atoms with Crippen LogP contribution in [0.5, 0.6) is 5.75 Å². The quantitative estimate of drug-likeness (QED) is 0.682. The largest absolute Gasteiger partial charge is 0.496 e. The highest BCUT2D eigenvalue weighted by molar-refractivity contribution is 7.15. The number of carbonyl (C=O) groups is 1. The van der Waals surface area contributed by atoms with Crippen molar-refractivity contribution in [3.05, 3.63) is 52.8 Å². The van der Waals surface area contributed by atoms with Crippen molar-refractivity contribution >= 4 is 22.2 Å². The molecule has 0 atom stereocenters. The Balaban J connectivity index is 1.39. The monoisotopic (exact) mass is 383 g/mol. The molecule has 1 fully saturated rings. The zero-order valence-electron chi connectivity index (χ0n) is 15.2. The van der Waals surface area contributed by atoms with E-state index in [0.717, 1.165) is 30.0 Å². The van der Waals surface area contributed by atoms with Crippen molar-refractivity contribution in [3.8, 4) is 5.75 Å². The lowest BCUT2D eigenvalue weighted by atomic mass is 9.78. The number of fused-ring (bicyclic) bond motifs is 3. The molecule has 2 aliphatic heterocycles. The molecule has 2 aliphatic rings. The molecule has 0 aliphatic carbocycles. The fourth-order valence-electron chi connectivity index (χ4n) is 4.36. The minimum absolute atomic E-state index is 0.00295. The van der Waals surface area contributed by atoms with Gasteiger partial charge in [-0.3, -0.25) is 9.20 Å². The first-order valence-electron chi connectivity index (χ1n) is 9.22. The summed E-state index contributed by atoms with van der Waals surface area (Å²) >= 11 is 1.53. The van der Waals surface area contributed by atoms with Crippen molar-refractivity contribution in [3.63, 3.8) is 0 Å². The fraction of sp³-hybridized carbons (Fsp3) is 0.400. The first kappa shape index (κ1) is 16.8. The topological polar surface area (TPSA) is 56.1 Å². The average molecular weight is 383 g/mol. The van der Waals surface area contributed by atoms with E-state index in [1.54, 1.807) is 7.11 Å². The second-order valence-corrected chi connectivity index (χ2v) is 7.97. The predicted octanol–water partition coefficient (Wildman–Crippen LogP) is 3.11. The molecule has 3 aromatic rings. The van der Waals surface area contributed by atoms with Crippen LogP contribution in [0.2, 0.25) is 0 Å². The third kappa shape index (κ3) is 2.64. The van der Waals surface area contributed by atoms with E-state index in [1.165, 1.54) is 22.5 Å². The molecule has 0 saturated carbocycles. The number of thiazole rings is 1. The van der Waals surface area contributed by atoms with Gasteiger partial charge in [-0.25, -0.2) is 4.98 Å². The van der Waals surface area contributed by atoms with E-state index in [0.29, 0.717) is 25.4 Å². The number of hydrogen-bond donors (Lipinski definition) is 0. The second kappa shape index (κ2) is 6.35. The number of methoxy groups -OCH3 is 1. The van der Waals surface area contributed by atoms with Crippen LogP contribution in [0.15, 0.2) is 36.0 Å². The molecule has 140 valence electrons. The maximum atomic E-state index is 12.9. The number of imidazole rings is 1. The van der Waals surface area contributed by atoms with Crippen LogP contribution in [-0.4, -0.2) is 47.0 Å². The molecule has 1 aromatic carbocycles. The first-order chi connectivity index (χ1) is 13.2. The van der Waals surface area contributed by atoms with Gasteiger partial charge in [-0.2, -0.15) is 0 Å². The van der Waals surface area contributed by atoms with E-state index >= 15 is 0 Å². The van der Waals surface area contributed by atoms with E-state index in [2.05, 4.69) is 11.1 Å². The smallest absolute Gasteiger partial charge is 0.274 e. The zero-order valence-corrected chi connectivity index (χ0v) is 16.0. The predicted molar refractivity (Wildman–Crippen MR) is 103 cm³/mol. The summed E-state index contributed by atoms with van der Waals surface area (Å²) in [7, 11) is 1.71. The Bertz CT molecular complexity index is 958. The average Bonchev–Trinajstić information content (AvgIpc) is 3.30. The SMILES string of the molecule is COc1cccc2c1C1(CCN(C(=O)c3cn4ccsc4n3)CC1)OCC2. The van der Waals surface area contributed by atoms with E-state index in [4.69, 9.17) is 9.47 Å². The Morgan fingerprint density at radius 3 is 2.96 bits per heavy atom. The Kier molecular flexibility index (Phi) is 3.94. The van der Waals surface area contributed by atoms with Crippen molar-refractivity contribution < 1.29 is 14.3 Å². The van der Waals surface area contributed by atoms with Crippen molar-refractivity contribution in [1.82, 2.24) is 14.3 Å². The van der Waals surface area contributed by atoms with Gasteiger partial charge in [0, 0.05) is 36.4 Å². The molecule has 0 radical (unpaired) electrons. The lowest BCUT2D eigenvalue weighted by Gasteiger charge is -2.45. The molecule has 0 N–H and O–H groups in total. The number of carbonyl (C=O) groups excluding carboxylic acids is 1. The molecule has 5 rings (SSSR count). The lowest BCUT2D eigenvalue weighted by Crippen LogP contribution is -2.48. The summed E-state index contributed by atoms with van der Waals surface area (Å²) in [4.78, 5) is 20.1. The lowest BCUT2D eigenvalue weighted by molar-refractivity contribution is -0.0947. The summed E-state index contributed by atoms with van der Waals surface area (Å²) in [6.07, 6.45) is 6.19. The number of aromatic nitrogens is 2. The highest BCUT2D eigenvalue weighted by Gasteiger charge is 2.43. The molecule has 4 heterocycles. The molecular weight excluding hydrogens is 362 g/mol. The van der Waals surface area contributed by atoms with Crippen LogP contribution in [0.3, 0.4) is 0 Å². The zero-order chi connectivity index (χ0) is 18.4.